The topological polar surface area (TPSA) is 83.9 Å². The molecule has 1 N–H and O–H groups in total. The van der Waals surface area contributed by atoms with Gasteiger partial charge in [0.05, 0.1) is 11.2 Å². The van der Waals surface area contributed by atoms with Crippen LogP contribution in [0.3, 0.4) is 0 Å². The molecule has 0 aliphatic carbocycles. The average molecular weight is 279 g/mol. The number of carboxylic acids is 1. The van der Waals surface area contributed by atoms with Gasteiger partial charge in [-0.15, -0.1) is 0 Å². The monoisotopic (exact) mass is 279 g/mol. The first-order valence-corrected chi connectivity index (χ1v) is 7.69. The van der Waals surface area contributed by atoms with Crippen molar-refractivity contribution in [2.24, 2.45) is 5.92 Å². The Labute approximate surface area is 108 Å². The predicted molar refractivity (Wildman–Crippen MR) is 66.8 cm³/mol. The first-order chi connectivity index (χ1) is 8.39. The number of carbonyl (C=O) groups is 1. The maximum absolute atomic E-state index is 12.4. The molecule has 0 aromatic carbocycles. The number of hydrogen-bond donors (Lipinski definition) is 1. The Bertz CT molecular complexity index is 375. The zero-order chi connectivity index (χ0) is 13.8. The standard InChI is InChI=1S/C11H21NO5S/c1-3-12(8-9(2)11(13)14)18(15,16)10-4-6-17-7-5-10/h9-10H,3-8H2,1-2H3,(H,13,14). The first-order valence-electron chi connectivity index (χ1n) is 6.19. The van der Waals surface area contributed by atoms with Crippen LogP contribution in [0.1, 0.15) is 26.7 Å². The zero-order valence-electron chi connectivity index (χ0n) is 10.8. The van der Waals surface area contributed by atoms with Gasteiger partial charge in [-0.25, -0.2) is 12.7 Å². The van der Waals surface area contributed by atoms with Crippen LogP contribution in [0.4, 0.5) is 0 Å². The zero-order valence-corrected chi connectivity index (χ0v) is 11.6. The van der Waals surface area contributed by atoms with Gasteiger partial charge in [0, 0.05) is 26.3 Å². The minimum atomic E-state index is -3.41. The van der Waals surface area contributed by atoms with E-state index in [0.29, 0.717) is 32.6 Å². The van der Waals surface area contributed by atoms with E-state index in [-0.39, 0.29) is 6.54 Å². The highest BCUT2D eigenvalue weighted by Crippen LogP contribution is 2.20. The molecule has 0 saturated carbocycles. The van der Waals surface area contributed by atoms with Crippen LogP contribution in [0.2, 0.25) is 0 Å². The van der Waals surface area contributed by atoms with Crippen molar-refractivity contribution in [2.75, 3.05) is 26.3 Å². The minimum Gasteiger partial charge on any atom is -0.481 e. The average Bonchev–Trinajstić information content (AvgIpc) is 2.36. The number of hydrogen-bond acceptors (Lipinski definition) is 4. The van der Waals surface area contributed by atoms with Crippen LogP contribution in [0.15, 0.2) is 0 Å². The highest BCUT2D eigenvalue weighted by Gasteiger charge is 2.33. The van der Waals surface area contributed by atoms with Crippen molar-refractivity contribution in [1.29, 1.82) is 0 Å². The van der Waals surface area contributed by atoms with Gasteiger partial charge >= 0.3 is 5.97 Å². The minimum absolute atomic E-state index is 0.0333. The van der Waals surface area contributed by atoms with Crippen molar-refractivity contribution in [3.63, 3.8) is 0 Å². The van der Waals surface area contributed by atoms with Crippen molar-refractivity contribution >= 4 is 16.0 Å². The third-order valence-corrected chi connectivity index (χ3v) is 5.64. The van der Waals surface area contributed by atoms with Gasteiger partial charge in [0.2, 0.25) is 10.0 Å². The molecule has 106 valence electrons. The second-order valence-electron chi connectivity index (χ2n) is 4.55. The maximum Gasteiger partial charge on any atom is 0.307 e. The summed E-state index contributed by atoms with van der Waals surface area (Å²) in [7, 11) is -3.41. The van der Waals surface area contributed by atoms with Crippen molar-refractivity contribution < 1.29 is 23.1 Å². The molecule has 6 nitrogen and oxygen atoms in total. The van der Waals surface area contributed by atoms with Gasteiger partial charge in [-0.3, -0.25) is 4.79 Å². The molecule has 1 rings (SSSR count). The van der Waals surface area contributed by atoms with Crippen LogP contribution in [-0.4, -0.2) is 55.4 Å². The molecule has 0 spiro atoms. The summed E-state index contributed by atoms with van der Waals surface area (Å²) in [5.74, 6) is -1.67. The molecule has 0 bridgehead atoms. The fourth-order valence-corrected chi connectivity index (χ4v) is 3.98. The van der Waals surface area contributed by atoms with E-state index in [1.807, 2.05) is 0 Å². The van der Waals surface area contributed by atoms with E-state index in [0.717, 1.165) is 0 Å². The van der Waals surface area contributed by atoms with E-state index in [1.54, 1.807) is 6.92 Å². The Morgan fingerprint density at radius 2 is 2.00 bits per heavy atom. The number of aliphatic carboxylic acids is 1. The summed E-state index contributed by atoms with van der Waals surface area (Å²) in [5, 5.41) is 8.42. The highest BCUT2D eigenvalue weighted by molar-refractivity contribution is 7.89. The van der Waals surface area contributed by atoms with Gasteiger partial charge < -0.3 is 9.84 Å². The molecule has 1 heterocycles. The Morgan fingerprint density at radius 1 is 1.44 bits per heavy atom. The normalized spacial score (nSPS) is 19.9. The van der Waals surface area contributed by atoms with Gasteiger partial charge in [-0.1, -0.05) is 13.8 Å². The quantitative estimate of drug-likeness (QED) is 0.767. The third kappa shape index (κ3) is 3.66. The van der Waals surface area contributed by atoms with Crippen LogP contribution in [-0.2, 0) is 19.6 Å². The van der Waals surface area contributed by atoms with E-state index in [1.165, 1.54) is 11.2 Å². The summed E-state index contributed by atoms with van der Waals surface area (Å²) >= 11 is 0. The van der Waals surface area contributed by atoms with Gasteiger partial charge in [0.1, 0.15) is 0 Å². The number of rotatable bonds is 6. The van der Waals surface area contributed by atoms with Gasteiger partial charge in [0.25, 0.3) is 0 Å². The van der Waals surface area contributed by atoms with Crippen LogP contribution in [0.25, 0.3) is 0 Å². The van der Waals surface area contributed by atoms with E-state index < -0.39 is 27.2 Å². The van der Waals surface area contributed by atoms with Crippen LogP contribution in [0.5, 0.6) is 0 Å². The largest absolute Gasteiger partial charge is 0.481 e. The molecule has 1 aliphatic heterocycles. The lowest BCUT2D eigenvalue weighted by Crippen LogP contribution is -2.44. The number of nitrogens with zero attached hydrogens (tertiary/aromatic N) is 1. The fourth-order valence-electron chi connectivity index (χ4n) is 1.98. The molecule has 1 aliphatic rings. The van der Waals surface area contributed by atoms with Crippen molar-refractivity contribution in [3.05, 3.63) is 0 Å². The predicted octanol–water partition coefficient (Wildman–Crippen LogP) is 0.538. The van der Waals surface area contributed by atoms with Gasteiger partial charge in [0.15, 0.2) is 0 Å². The molecule has 18 heavy (non-hydrogen) atoms. The summed E-state index contributed by atoms with van der Waals surface area (Å²) < 4.78 is 31.1. The Morgan fingerprint density at radius 3 is 2.44 bits per heavy atom. The lowest BCUT2D eigenvalue weighted by Gasteiger charge is -2.29. The van der Waals surface area contributed by atoms with Gasteiger partial charge in [-0.05, 0) is 12.8 Å². The Kier molecular flexibility index (Phi) is 5.55. The van der Waals surface area contributed by atoms with Crippen molar-refractivity contribution in [1.82, 2.24) is 4.31 Å². The van der Waals surface area contributed by atoms with Crippen molar-refractivity contribution in [3.8, 4) is 0 Å². The summed E-state index contributed by atoms with van der Waals surface area (Å²) in [4.78, 5) is 10.8. The number of ether oxygens (including phenoxy) is 1. The smallest absolute Gasteiger partial charge is 0.307 e. The second kappa shape index (κ2) is 6.49. The summed E-state index contributed by atoms with van der Waals surface area (Å²) in [6, 6.07) is 0. The lowest BCUT2D eigenvalue weighted by molar-refractivity contribution is -0.141. The molecule has 1 saturated heterocycles. The SMILES string of the molecule is CCN(CC(C)C(=O)O)S(=O)(=O)C1CCOCC1. The lowest BCUT2D eigenvalue weighted by atomic mass is 10.2. The molecule has 0 aromatic heterocycles. The summed E-state index contributed by atoms with van der Waals surface area (Å²) in [6.45, 7) is 4.49. The van der Waals surface area contributed by atoms with E-state index in [2.05, 4.69) is 0 Å². The van der Waals surface area contributed by atoms with E-state index in [4.69, 9.17) is 9.84 Å². The molecule has 0 radical (unpaired) electrons. The molecular weight excluding hydrogens is 258 g/mol. The molecule has 1 unspecified atom stereocenters. The number of sulfonamides is 1. The molecule has 1 fully saturated rings. The molecule has 0 aromatic rings. The van der Waals surface area contributed by atoms with Crippen LogP contribution < -0.4 is 0 Å². The fraction of sp³-hybridized carbons (Fsp3) is 0.909. The third-order valence-electron chi connectivity index (χ3n) is 3.20. The molecular formula is C11H21NO5S. The molecule has 7 heteroatoms. The molecule has 1 atom stereocenters. The number of carboxylic acid groups (broad SMARTS) is 1. The van der Waals surface area contributed by atoms with Crippen molar-refractivity contribution in [2.45, 2.75) is 31.9 Å². The Balaban J connectivity index is 2.75. The molecule has 0 amide bonds. The first kappa shape index (κ1) is 15.4. The maximum atomic E-state index is 12.4. The van der Waals surface area contributed by atoms with E-state index in [9.17, 15) is 13.2 Å². The second-order valence-corrected chi connectivity index (χ2v) is 6.76. The Hall–Kier alpha value is -0.660. The summed E-state index contributed by atoms with van der Waals surface area (Å²) in [5.41, 5.74) is 0. The van der Waals surface area contributed by atoms with Crippen LogP contribution >= 0.6 is 0 Å². The summed E-state index contributed by atoms with van der Waals surface area (Å²) in [6.07, 6.45) is 0.973. The van der Waals surface area contributed by atoms with Gasteiger partial charge in [-0.2, -0.15) is 0 Å². The van der Waals surface area contributed by atoms with E-state index >= 15 is 0 Å². The van der Waals surface area contributed by atoms with Crippen LogP contribution in [0, 0.1) is 5.92 Å². The highest BCUT2D eigenvalue weighted by atomic mass is 32.2.